The van der Waals surface area contributed by atoms with Gasteiger partial charge in [0.25, 0.3) is 0 Å². The van der Waals surface area contributed by atoms with Crippen molar-refractivity contribution in [2.24, 2.45) is 0 Å². The topological polar surface area (TPSA) is 83.8 Å². The van der Waals surface area contributed by atoms with E-state index in [9.17, 15) is 9.36 Å². The molecule has 0 bridgehead atoms. The van der Waals surface area contributed by atoms with E-state index in [1.165, 1.54) is 6.66 Å². The van der Waals surface area contributed by atoms with Crippen LogP contribution >= 0.6 is 7.37 Å². The van der Waals surface area contributed by atoms with Crippen LogP contribution in [0.1, 0.15) is 0 Å². The number of carbonyl (C=O) groups is 1. The van der Waals surface area contributed by atoms with Crippen LogP contribution in [0.5, 0.6) is 0 Å². The number of aliphatic hydroxyl groups excluding tert-OH is 1. The molecule has 0 saturated heterocycles. The van der Waals surface area contributed by atoms with Gasteiger partial charge in [0.15, 0.2) is 0 Å². The average Bonchev–Trinajstić information content (AvgIpc) is 1.81. The quantitative estimate of drug-likeness (QED) is 0.584. The van der Waals surface area contributed by atoms with Gasteiger partial charge < -0.3 is 14.7 Å². The number of aliphatic carboxylic acids is 1. The summed E-state index contributed by atoms with van der Waals surface area (Å²) in [6.45, 7) is 0.898. The van der Waals surface area contributed by atoms with Crippen molar-refractivity contribution in [3.8, 4) is 0 Å². The zero-order valence-corrected chi connectivity index (χ0v) is 7.08. The molecule has 0 aliphatic rings. The second-order valence-corrected chi connectivity index (χ2v) is 4.73. The van der Waals surface area contributed by atoms with E-state index >= 15 is 0 Å². The fraction of sp³-hybridized carbons (Fsp3) is 0.800. The standard InChI is InChI=1S/C5H11O5P/c1-11(9,4-5(7)8)10-3-2-6/h6H,2-4H2,1H3,(H,7,8). The Hall–Kier alpha value is -0.380. The van der Waals surface area contributed by atoms with E-state index in [0.29, 0.717) is 0 Å². The molecule has 0 aliphatic carbocycles. The lowest BCUT2D eigenvalue weighted by Crippen LogP contribution is -2.07. The first-order valence-corrected chi connectivity index (χ1v) is 5.27. The maximum absolute atomic E-state index is 11.1. The summed E-state index contributed by atoms with van der Waals surface area (Å²) < 4.78 is 15.7. The van der Waals surface area contributed by atoms with E-state index < -0.39 is 19.5 Å². The molecule has 2 N–H and O–H groups in total. The van der Waals surface area contributed by atoms with Gasteiger partial charge in [0, 0.05) is 6.66 Å². The van der Waals surface area contributed by atoms with E-state index in [2.05, 4.69) is 4.52 Å². The van der Waals surface area contributed by atoms with Gasteiger partial charge in [-0.2, -0.15) is 0 Å². The Labute approximate surface area is 64.4 Å². The van der Waals surface area contributed by atoms with Gasteiger partial charge in [-0.05, 0) is 0 Å². The average molecular weight is 182 g/mol. The molecule has 0 aromatic carbocycles. The van der Waals surface area contributed by atoms with Crippen molar-refractivity contribution in [2.75, 3.05) is 26.0 Å². The molecule has 0 amide bonds. The molecule has 0 saturated carbocycles. The lowest BCUT2D eigenvalue weighted by atomic mass is 10.8. The summed E-state index contributed by atoms with van der Waals surface area (Å²) in [4.78, 5) is 10.1. The third kappa shape index (κ3) is 6.04. The van der Waals surface area contributed by atoms with Crippen LogP contribution in [-0.4, -0.2) is 42.2 Å². The molecule has 1 atom stereocenters. The van der Waals surface area contributed by atoms with Crippen molar-refractivity contribution in [2.45, 2.75) is 0 Å². The molecule has 0 heterocycles. The van der Waals surface area contributed by atoms with Gasteiger partial charge in [-0.1, -0.05) is 0 Å². The third-order valence-corrected chi connectivity index (χ3v) is 2.45. The predicted molar refractivity (Wildman–Crippen MR) is 39.1 cm³/mol. The molecular weight excluding hydrogens is 171 g/mol. The van der Waals surface area contributed by atoms with Crippen LogP contribution in [-0.2, 0) is 13.9 Å². The second kappa shape index (κ2) is 4.49. The van der Waals surface area contributed by atoms with Crippen molar-refractivity contribution in [3.63, 3.8) is 0 Å². The molecule has 0 radical (unpaired) electrons. The number of hydrogen-bond donors (Lipinski definition) is 2. The minimum atomic E-state index is -3.02. The minimum absolute atomic E-state index is 0.0823. The molecule has 0 aliphatic heterocycles. The number of aliphatic hydroxyl groups is 1. The van der Waals surface area contributed by atoms with Gasteiger partial charge in [0.2, 0.25) is 7.37 Å². The van der Waals surface area contributed by atoms with Crippen LogP contribution in [0.3, 0.4) is 0 Å². The van der Waals surface area contributed by atoms with Crippen LogP contribution in [0.25, 0.3) is 0 Å². The summed E-state index contributed by atoms with van der Waals surface area (Å²) in [5.41, 5.74) is 0. The van der Waals surface area contributed by atoms with Crippen LogP contribution in [0.4, 0.5) is 0 Å². The molecule has 0 spiro atoms. The van der Waals surface area contributed by atoms with Crippen LogP contribution in [0, 0.1) is 0 Å². The number of carboxylic acid groups (broad SMARTS) is 1. The molecule has 5 nitrogen and oxygen atoms in total. The smallest absolute Gasteiger partial charge is 0.313 e. The molecule has 66 valence electrons. The van der Waals surface area contributed by atoms with E-state index in [4.69, 9.17) is 10.2 Å². The molecule has 1 unspecified atom stereocenters. The summed E-state index contributed by atoms with van der Waals surface area (Å²) in [7, 11) is -3.02. The predicted octanol–water partition coefficient (Wildman–Crippen LogP) is -0.0122. The number of rotatable bonds is 5. The maximum Gasteiger partial charge on any atom is 0.313 e. The number of carboxylic acids is 1. The normalized spacial score (nSPS) is 15.8. The Balaban J connectivity index is 3.80. The number of hydrogen-bond acceptors (Lipinski definition) is 4. The zero-order valence-electron chi connectivity index (χ0n) is 6.19. The summed E-state index contributed by atoms with van der Waals surface area (Å²) >= 11 is 0. The van der Waals surface area contributed by atoms with Crippen LogP contribution < -0.4 is 0 Å². The highest BCUT2D eigenvalue weighted by Crippen LogP contribution is 2.41. The van der Waals surface area contributed by atoms with Gasteiger partial charge >= 0.3 is 5.97 Å². The molecule has 0 aromatic rings. The van der Waals surface area contributed by atoms with Crippen molar-refractivity contribution < 1.29 is 24.1 Å². The Kier molecular flexibility index (Phi) is 4.33. The molecule has 0 aromatic heterocycles. The largest absolute Gasteiger partial charge is 0.481 e. The maximum atomic E-state index is 11.1. The fourth-order valence-corrected chi connectivity index (χ4v) is 1.58. The van der Waals surface area contributed by atoms with E-state index in [1.807, 2.05) is 0 Å². The molecule has 11 heavy (non-hydrogen) atoms. The molecule has 0 rings (SSSR count). The molecule has 6 heteroatoms. The molecular formula is C5H11O5P. The van der Waals surface area contributed by atoms with E-state index in [-0.39, 0.29) is 13.2 Å². The van der Waals surface area contributed by atoms with E-state index in [1.54, 1.807) is 0 Å². The summed E-state index contributed by atoms with van der Waals surface area (Å²) in [6.07, 6.45) is -0.493. The first-order valence-electron chi connectivity index (χ1n) is 3.01. The van der Waals surface area contributed by atoms with Gasteiger partial charge in [0.05, 0.1) is 13.2 Å². The SMILES string of the molecule is CP(=O)(CC(=O)O)OCCO. The second-order valence-electron chi connectivity index (χ2n) is 2.12. The summed E-state index contributed by atoms with van der Waals surface area (Å²) in [6, 6.07) is 0. The lowest BCUT2D eigenvalue weighted by Gasteiger charge is -2.09. The van der Waals surface area contributed by atoms with Crippen LogP contribution in [0.2, 0.25) is 0 Å². The first kappa shape index (κ1) is 10.6. The lowest BCUT2D eigenvalue weighted by molar-refractivity contribution is -0.134. The minimum Gasteiger partial charge on any atom is -0.481 e. The Morgan fingerprint density at radius 2 is 2.18 bits per heavy atom. The Morgan fingerprint density at radius 1 is 1.64 bits per heavy atom. The van der Waals surface area contributed by atoms with Crippen LogP contribution in [0.15, 0.2) is 0 Å². The summed E-state index contributed by atoms with van der Waals surface area (Å²) in [5, 5.41) is 16.5. The van der Waals surface area contributed by atoms with Gasteiger partial charge in [-0.3, -0.25) is 9.36 Å². The van der Waals surface area contributed by atoms with Crippen molar-refractivity contribution in [1.29, 1.82) is 0 Å². The van der Waals surface area contributed by atoms with Crippen molar-refractivity contribution >= 4 is 13.3 Å². The van der Waals surface area contributed by atoms with Gasteiger partial charge in [-0.15, -0.1) is 0 Å². The molecule has 0 fully saturated rings. The van der Waals surface area contributed by atoms with E-state index in [0.717, 1.165) is 0 Å². The zero-order chi connectivity index (χ0) is 8.91. The highest BCUT2D eigenvalue weighted by molar-refractivity contribution is 7.59. The first-order chi connectivity index (χ1) is 4.98. The fourth-order valence-electron chi connectivity index (χ4n) is 0.525. The van der Waals surface area contributed by atoms with Crippen molar-refractivity contribution in [1.82, 2.24) is 0 Å². The summed E-state index contributed by atoms with van der Waals surface area (Å²) in [5.74, 6) is -1.16. The van der Waals surface area contributed by atoms with Gasteiger partial charge in [-0.25, -0.2) is 0 Å². The third-order valence-electron chi connectivity index (χ3n) is 0.878. The van der Waals surface area contributed by atoms with Gasteiger partial charge in [0.1, 0.15) is 6.16 Å². The Bertz CT molecular complexity index is 178. The Morgan fingerprint density at radius 3 is 2.55 bits per heavy atom. The monoisotopic (exact) mass is 182 g/mol. The van der Waals surface area contributed by atoms with Crippen molar-refractivity contribution in [3.05, 3.63) is 0 Å². The highest BCUT2D eigenvalue weighted by Gasteiger charge is 2.19. The highest BCUT2D eigenvalue weighted by atomic mass is 31.2.